The summed E-state index contributed by atoms with van der Waals surface area (Å²) in [6, 6.07) is 14.7. The van der Waals surface area contributed by atoms with Gasteiger partial charge in [-0.25, -0.2) is 4.39 Å². The van der Waals surface area contributed by atoms with Gasteiger partial charge in [-0.3, -0.25) is 9.69 Å². The van der Waals surface area contributed by atoms with Crippen molar-refractivity contribution < 1.29 is 9.18 Å². The van der Waals surface area contributed by atoms with Gasteiger partial charge >= 0.3 is 0 Å². The van der Waals surface area contributed by atoms with Crippen LogP contribution in [0.15, 0.2) is 48.5 Å². The van der Waals surface area contributed by atoms with Crippen LogP contribution in [0.3, 0.4) is 0 Å². The third kappa shape index (κ3) is 6.05. The quantitative estimate of drug-likeness (QED) is 0.667. The molecule has 1 N–H and O–H groups in total. The Morgan fingerprint density at radius 3 is 2.66 bits per heavy atom. The van der Waals surface area contributed by atoms with Crippen molar-refractivity contribution in [1.29, 1.82) is 5.26 Å². The minimum absolute atomic E-state index is 0.0793. The van der Waals surface area contributed by atoms with E-state index in [0.717, 1.165) is 68.8 Å². The highest BCUT2D eigenvalue weighted by atomic mass is 19.1. The molecule has 1 aliphatic heterocycles. The molecule has 1 amide bonds. The second kappa shape index (κ2) is 10.6. The van der Waals surface area contributed by atoms with Gasteiger partial charge in [-0.15, -0.1) is 0 Å². The molecule has 0 unspecified atom stereocenters. The number of amides is 1. The van der Waals surface area contributed by atoms with Crippen LogP contribution in [0.2, 0.25) is 0 Å². The Kier molecular flexibility index (Phi) is 7.34. The standard InChI is InChI=1S/C27H30FN3O/c28-25-8-2-20(3-9-25)6-12-27(32)30-26-10-4-21(5-11-26)13-15-31-16-14-23-17-22(18-29)1-7-24(23)19-31/h1-3,6-9,12,17,21,26H,4-5,10-11,13-16,19H2,(H,30,32)/t21-,26-. The van der Waals surface area contributed by atoms with Crippen LogP contribution in [0, 0.1) is 23.1 Å². The summed E-state index contributed by atoms with van der Waals surface area (Å²) >= 11 is 0. The molecule has 2 aliphatic rings. The third-order valence-electron chi connectivity index (χ3n) is 6.77. The Labute approximate surface area is 189 Å². The summed E-state index contributed by atoms with van der Waals surface area (Å²) in [6.07, 6.45) is 9.85. The number of halogens is 1. The summed E-state index contributed by atoms with van der Waals surface area (Å²) in [5.74, 6) is 0.368. The van der Waals surface area contributed by atoms with Crippen molar-refractivity contribution in [3.8, 4) is 6.07 Å². The predicted molar refractivity (Wildman–Crippen MR) is 124 cm³/mol. The fourth-order valence-corrected chi connectivity index (χ4v) is 4.83. The smallest absolute Gasteiger partial charge is 0.244 e. The minimum atomic E-state index is -0.275. The zero-order valence-corrected chi connectivity index (χ0v) is 18.4. The Hall–Kier alpha value is -2.97. The Bertz CT molecular complexity index is 1000. The van der Waals surface area contributed by atoms with Gasteiger partial charge in [0.2, 0.25) is 5.91 Å². The van der Waals surface area contributed by atoms with E-state index in [9.17, 15) is 9.18 Å². The van der Waals surface area contributed by atoms with E-state index in [-0.39, 0.29) is 17.8 Å². The zero-order valence-electron chi connectivity index (χ0n) is 18.4. The number of nitriles is 1. The van der Waals surface area contributed by atoms with Gasteiger partial charge in [-0.2, -0.15) is 5.26 Å². The first kappa shape index (κ1) is 22.2. The van der Waals surface area contributed by atoms with Crippen molar-refractivity contribution in [1.82, 2.24) is 10.2 Å². The average molecular weight is 432 g/mol. The van der Waals surface area contributed by atoms with Crippen LogP contribution in [0.5, 0.6) is 0 Å². The first-order valence-corrected chi connectivity index (χ1v) is 11.6. The number of carbonyl (C=O) groups excluding carboxylic acids is 1. The van der Waals surface area contributed by atoms with Gasteiger partial charge in [0.25, 0.3) is 0 Å². The van der Waals surface area contributed by atoms with Gasteiger partial charge < -0.3 is 5.32 Å². The van der Waals surface area contributed by atoms with Crippen molar-refractivity contribution >= 4 is 12.0 Å². The molecule has 166 valence electrons. The first-order valence-electron chi connectivity index (χ1n) is 11.6. The van der Waals surface area contributed by atoms with Crippen molar-refractivity contribution in [2.24, 2.45) is 5.92 Å². The van der Waals surface area contributed by atoms with Gasteiger partial charge in [0.15, 0.2) is 0 Å². The van der Waals surface area contributed by atoms with E-state index >= 15 is 0 Å². The molecule has 32 heavy (non-hydrogen) atoms. The van der Waals surface area contributed by atoms with Crippen LogP contribution in [-0.4, -0.2) is 29.9 Å². The highest BCUT2D eigenvalue weighted by Gasteiger charge is 2.23. The molecule has 0 bridgehead atoms. The lowest BCUT2D eigenvalue weighted by Crippen LogP contribution is -2.37. The topological polar surface area (TPSA) is 56.1 Å². The normalized spacial score (nSPS) is 21.1. The molecule has 0 radical (unpaired) electrons. The number of nitrogens with zero attached hydrogens (tertiary/aromatic N) is 2. The predicted octanol–water partition coefficient (Wildman–Crippen LogP) is 4.83. The molecule has 2 aromatic rings. The number of hydrogen-bond donors (Lipinski definition) is 1. The van der Waals surface area contributed by atoms with Crippen LogP contribution >= 0.6 is 0 Å². The van der Waals surface area contributed by atoms with Crippen LogP contribution in [0.4, 0.5) is 4.39 Å². The van der Waals surface area contributed by atoms with Crippen molar-refractivity contribution in [2.75, 3.05) is 13.1 Å². The molecular weight excluding hydrogens is 401 g/mol. The largest absolute Gasteiger partial charge is 0.350 e. The summed E-state index contributed by atoms with van der Waals surface area (Å²) in [4.78, 5) is 14.7. The van der Waals surface area contributed by atoms with E-state index < -0.39 is 0 Å². The van der Waals surface area contributed by atoms with Crippen molar-refractivity contribution in [3.63, 3.8) is 0 Å². The molecular formula is C27H30FN3O. The number of fused-ring (bicyclic) bond motifs is 1. The fraction of sp³-hybridized carbons (Fsp3) is 0.407. The minimum Gasteiger partial charge on any atom is -0.350 e. The second-order valence-electron chi connectivity index (χ2n) is 9.02. The first-order chi connectivity index (χ1) is 15.6. The number of benzene rings is 2. The van der Waals surface area contributed by atoms with E-state index in [1.807, 2.05) is 12.1 Å². The lowest BCUT2D eigenvalue weighted by atomic mass is 9.84. The van der Waals surface area contributed by atoms with Gasteiger partial charge in [0.1, 0.15) is 5.82 Å². The SMILES string of the molecule is N#Cc1ccc2c(c1)CCN(CC[C@H]1CC[C@H](NC(=O)C=Cc3ccc(F)cc3)CC1)C2. The summed E-state index contributed by atoms with van der Waals surface area (Å²) in [6.45, 7) is 3.15. The van der Waals surface area contributed by atoms with Crippen LogP contribution in [0.25, 0.3) is 6.08 Å². The Morgan fingerprint density at radius 1 is 1.12 bits per heavy atom. The van der Waals surface area contributed by atoms with E-state index in [4.69, 9.17) is 5.26 Å². The molecule has 1 heterocycles. The van der Waals surface area contributed by atoms with Crippen LogP contribution in [-0.2, 0) is 17.8 Å². The Balaban J connectivity index is 1.16. The van der Waals surface area contributed by atoms with E-state index in [1.165, 1.54) is 35.8 Å². The zero-order chi connectivity index (χ0) is 22.3. The van der Waals surface area contributed by atoms with E-state index in [1.54, 1.807) is 18.2 Å². The highest BCUT2D eigenvalue weighted by molar-refractivity contribution is 5.91. The van der Waals surface area contributed by atoms with Gasteiger partial charge in [0.05, 0.1) is 11.6 Å². The maximum atomic E-state index is 13.0. The summed E-state index contributed by atoms with van der Waals surface area (Å²) in [7, 11) is 0. The number of carbonyl (C=O) groups is 1. The lowest BCUT2D eigenvalue weighted by molar-refractivity contribution is -0.117. The van der Waals surface area contributed by atoms with Gasteiger partial charge in [-0.05, 0) is 98.0 Å². The molecule has 5 heteroatoms. The molecule has 0 saturated heterocycles. The fourth-order valence-electron chi connectivity index (χ4n) is 4.83. The van der Waals surface area contributed by atoms with Crippen molar-refractivity contribution in [2.45, 2.75) is 51.1 Å². The molecule has 0 spiro atoms. The van der Waals surface area contributed by atoms with E-state index in [0.29, 0.717) is 0 Å². The number of hydrogen-bond acceptors (Lipinski definition) is 3. The highest BCUT2D eigenvalue weighted by Crippen LogP contribution is 2.28. The maximum Gasteiger partial charge on any atom is 0.244 e. The van der Waals surface area contributed by atoms with Crippen molar-refractivity contribution in [3.05, 3.63) is 76.6 Å². The maximum absolute atomic E-state index is 13.0. The van der Waals surface area contributed by atoms with E-state index in [2.05, 4.69) is 22.4 Å². The lowest BCUT2D eigenvalue weighted by Gasteiger charge is -2.33. The van der Waals surface area contributed by atoms with Gasteiger partial charge in [0, 0.05) is 25.2 Å². The number of nitrogens with one attached hydrogen (secondary N) is 1. The molecule has 2 aromatic carbocycles. The summed E-state index contributed by atoms with van der Waals surface area (Å²) in [5, 5.41) is 12.2. The number of rotatable bonds is 6. The molecule has 1 fully saturated rings. The summed E-state index contributed by atoms with van der Waals surface area (Å²) in [5.41, 5.74) is 4.25. The molecule has 1 saturated carbocycles. The molecule has 0 aromatic heterocycles. The van der Waals surface area contributed by atoms with Crippen LogP contribution < -0.4 is 5.32 Å². The average Bonchev–Trinajstić information content (AvgIpc) is 2.83. The molecule has 1 aliphatic carbocycles. The third-order valence-corrected chi connectivity index (χ3v) is 6.77. The second-order valence-corrected chi connectivity index (χ2v) is 9.02. The molecule has 4 nitrogen and oxygen atoms in total. The van der Waals surface area contributed by atoms with Gasteiger partial charge in [-0.1, -0.05) is 18.2 Å². The molecule has 0 atom stereocenters. The Morgan fingerprint density at radius 2 is 1.91 bits per heavy atom. The monoisotopic (exact) mass is 431 g/mol. The molecule has 4 rings (SSSR count). The summed E-state index contributed by atoms with van der Waals surface area (Å²) < 4.78 is 13.0. The van der Waals surface area contributed by atoms with Crippen LogP contribution in [0.1, 0.15) is 54.4 Å².